The van der Waals surface area contributed by atoms with Gasteiger partial charge in [-0.2, -0.15) is 0 Å². The molecule has 1 aromatic rings. The van der Waals surface area contributed by atoms with Gasteiger partial charge in [-0.15, -0.1) is 0 Å². The number of aliphatic hydroxyl groups is 1. The number of fused-ring (bicyclic) bond motifs is 1. The first-order chi connectivity index (χ1) is 9.50. The molecular formula is C13H11FN2O4. The Bertz CT molecular complexity index is 631. The fourth-order valence-electron chi connectivity index (χ4n) is 2.57. The number of halogens is 1. The summed E-state index contributed by atoms with van der Waals surface area (Å²) in [5.41, 5.74) is -0.328. The van der Waals surface area contributed by atoms with Crippen molar-refractivity contribution in [3.63, 3.8) is 0 Å². The SMILES string of the molecule is O=C1NC(O)CCC1N1C(=O)c2cccc(F)c2C1=O. The molecule has 104 valence electrons. The van der Waals surface area contributed by atoms with Crippen molar-refractivity contribution in [2.24, 2.45) is 0 Å². The second-order valence-electron chi connectivity index (χ2n) is 4.76. The lowest BCUT2D eigenvalue weighted by atomic mass is 10.0. The third-order valence-corrected chi connectivity index (χ3v) is 3.53. The number of carbonyl (C=O) groups excluding carboxylic acids is 3. The number of nitrogens with one attached hydrogen (secondary N) is 1. The highest BCUT2D eigenvalue weighted by Gasteiger charge is 2.45. The fourth-order valence-corrected chi connectivity index (χ4v) is 2.57. The van der Waals surface area contributed by atoms with Crippen molar-refractivity contribution in [1.82, 2.24) is 10.2 Å². The molecule has 2 atom stereocenters. The number of piperidine rings is 1. The minimum Gasteiger partial charge on any atom is -0.374 e. The summed E-state index contributed by atoms with van der Waals surface area (Å²) >= 11 is 0. The molecule has 2 unspecified atom stereocenters. The van der Waals surface area contributed by atoms with Gasteiger partial charge in [0.05, 0.1) is 11.1 Å². The third kappa shape index (κ3) is 1.70. The molecule has 0 aliphatic carbocycles. The summed E-state index contributed by atoms with van der Waals surface area (Å²) in [5, 5.41) is 11.6. The highest BCUT2D eigenvalue weighted by atomic mass is 19.1. The van der Waals surface area contributed by atoms with Crippen LogP contribution in [-0.2, 0) is 4.79 Å². The number of imide groups is 1. The van der Waals surface area contributed by atoms with E-state index in [-0.39, 0.29) is 24.0 Å². The van der Waals surface area contributed by atoms with Crippen LogP contribution in [0.3, 0.4) is 0 Å². The number of amides is 3. The number of aliphatic hydroxyl groups excluding tert-OH is 1. The minimum absolute atomic E-state index is 0.0334. The van der Waals surface area contributed by atoms with E-state index in [2.05, 4.69) is 5.32 Å². The lowest BCUT2D eigenvalue weighted by molar-refractivity contribution is -0.131. The maximum Gasteiger partial charge on any atom is 0.265 e. The van der Waals surface area contributed by atoms with E-state index in [1.165, 1.54) is 12.1 Å². The maximum atomic E-state index is 13.7. The first kappa shape index (κ1) is 12.7. The number of nitrogens with zero attached hydrogens (tertiary/aromatic N) is 1. The molecule has 3 amide bonds. The number of rotatable bonds is 1. The molecule has 7 heteroatoms. The van der Waals surface area contributed by atoms with Gasteiger partial charge < -0.3 is 10.4 Å². The van der Waals surface area contributed by atoms with E-state index in [9.17, 15) is 23.9 Å². The van der Waals surface area contributed by atoms with Gasteiger partial charge in [0.15, 0.2) is 0 Å². The highest BCUT2D eigenvalue weighted by Crippen LogP contribution is 2.29. The van der Waals surface area contributed by atoms with Crippen LogP contribution in [0.4, 0.5) is 4.39 Å². The van der Waals surface area contributed by atoms with E-state index in [1.807, 2.05) is 0 Å². The Morgan fingerprint density at radius 2 is 1.95 bits per heavy atom. The van der Waals surface area contributed by atoms with Gasteiger partial charge in [0.25, 0.3) is 11.8 Å². The van der Waals surface area contributed by atoms with Crippen molar-refractivity contribution < 1.29 is 23.9 Å². The van der Waals surface area contributed by atoms with Crippen molar-refractivity contribution in [2.75, 3.05) is 0 Å². The average Bonchev–Trinajstić information content (AvgIpc) is 2.64. The van der Waals surface area contributed by atoms with Gasteiger partial charge in [-0.3, -0.25) is 19.3 Å². The summed E-state index contributed by atoms with van der Waals surface area (Å²) in [4.78, 5) is 36.9. The molecule has 2 aliphatic heterocycles. The lowest BCUT2D eigenvalue weighted by Crippen LogP contribution is -2.55. The zero-order valence-corrected chi connectivity index (χ0v) is 10.3. The topological polar surface area (TPSA) is 86.7 Å². The molecule has 0 spiro atoms. The zero-order valence-electron chi connectivity index (χ0n) is 10.3. The van der Waals surface area contributed by atoms with E-state index in [4.69, 9.17) is 0 Å². The van der Waals surface area contributed by atoms with Crippen molar-refractivity contribution >= 4 is 17.7 Å². The number of hydrogen-bond acceptors (Lipinski definition) is 4. The average molecular weight is 278 g/mol. The summed E-state index contributed by atoms with van der Waals surface area (Å²) in [6.07, 6.45) is -0.600. The lowest BCUT2D eigenvalue weighted by Gasteiger charge is -2.31. The maximum absolute atomic E-state index is 13.7. The molecule has 1 saturated heterocycles. The monoisotopic (exact) mass is 278 g/mol. The van der Waals surface area contributed by atoms with E-state index in [0.717, 1.165) is 11.0 Å². The predicted octanol–water partition coefficient (Wildman–Crippen LogP) is 0.0187. The van der Waals surface area contributed by atoms with Gasteiger partial charge in [0, 0.05) is 0 Å². The highest BCUT2D eigenvalue weighted by molar-refractivity contribution is 6.23. The van der Waals surface area contributed by atoms with E-state index in [1.54, 1.807) is 0 Å². The van der Waals surface area contributed by atoms with E-state index in [0.29, 0.717) is 0 Å². The molecule has 1 aromatic carbocycles. The second-order valence-corrected chi connectivity index (χ2v) is 4.76. The largest absolute Gasteiger partial charge is 0.374 e. The fraction of sp³-hybridized carbons (Fsp3) is 0.308. The van der Waals surface area contributed by atoms with Crippen LogP contribution in [0.25, 0.3) is 0 Å². The number of benzene rings is 1. The normalized spacial score (nSPS) is 25.7. The Hall–Kier alpha value is -2.28. The molecule has 0 aromatic heterocycles. The van der Waals surface area contributed by atoms with Crippen LogP contribution in [0.1, 0.15) is 33.6 Å². The second kappa shape index (κ2) is 4.38. The molecule has 6 nitrogen and oxygen atoms in total. The quantitative estimate of drug-likeness (QED) is 0.709. The molecule has 2 N–H and O–H groups in total. The molecule has 2 aliphatic rings. The van der Waals surface area contributed by atoms with Crippen molar-refractivity contribution in [3.8, 4) is 0 Å². The Labute approximate surface area is 113 Å². The Morgan fingerprint density at radius 3 is 2.60 bits per heavy atom. The van der Waals surface area contributed by atoms with Crippen LogP contribution >= 0.6 is 0 Å². The van der Waals surface area contributed by atoms with Gasteiger partial charge in [0.2, 0.25) is 5.91 Å². The molecule has 0 bridgehead atoms. The van der Waals surface area contributed by atoms with Gasteiger partial charge in [-0.1, -0.05) is 6.07 Å². The first-order valence-corrected chi connectivity index (χ1v) is 6.15. The van der Waals surface area contributed by atoms with Crippen LogP contribution in [-0.4, -0.2) is 40.0 Å². The summed E-state index contributed by atoms with van der Waals surface area (Å²) < 4.78 is 13.7. The van der Waals surface area contributed by atoms with Crippen LogP contribution in [0.5, 0.6) is 0 Å². The zero-order chi connectivity index (χ0) is 14.4. The van der Waals surface area contributed by atoms with Crippen LogP contribution < -0.4 is 5.32 Å². The van der Waals surface area contributed by atoms with Crippen LogP contribution in [0.15, 0.2) is 18.2 Å². The first-order valence-electron chi connectivity index (χ1n) is 6.15. The van der Waals surface area contributed by atoms with Gasteiger partial charge in [-0.25, -0.2) is 4.39 Å². The standard InChI is InChI=1S/C13H11FN2O4/c14-7-3-1-2-6-10(7)13(20)16(12(6)19)8-4-5-9(17)15-11(8)18/h1-3,8-9,17H,4-5H2,(H,15,18). The molecule has 2 heterocycles. The molecule has 0 radical (unpaired) electrons. The van der Waals surface area contributed by atoms with Crippen molar-refractivity contribution in [1.29, 1.82) is 0 Å². The third-order valence-electron chi connectivity index (χ3n) is 3.53. The molecular weight excluding hydrogens is 267 g/mol. The molecule has 0 saturated carbocycles. The Morgan fingerprint density at radius 1 is 1.20 bits per heavy atom. The summed E-state index contributed by atoms with van der Waals surface area (Å²) in [5.74, 6) is -2.88. The van der Waals surface area contributed by atoms with Gasteiger partial charge in [0.1, 0.15) is 18.1 Å². The van der Waals surface area contributed by atoms with Crippen LogP contribution in [0.2, 0.25) is 0 Å². The Balaban J connectivity index is 1.98. The predicted molar refractivity (Wildman–Crippen MR) is 64.1 cm³/mol. The molecule has 20 heavy (non-hydrogen) atoms. The van der Waals surface area contributed by atoms with Crippen molar-refractivity contribution in [3.05, 3.63) is 35.1 Å². The number of hydrogen-bond donors (Lipinski definition) is 2. The van der Waals surface area contributed by atoms with E-state index >= 15 is 0 Å². The van der Waals surface area contributed by atoms with Crippen molar-refractivity contribution in [2.45, 2.75) is 25.1 Å². The smallest absolute Gasteiger partial charge is 0.265 e. The molecule has 3 rings (SSSR count). The summed E-state index contributed by atoms with van der Waals surface area (Å²) in [6, 6.07) is 2.78. The van der Waals surface area contributed by atoms with E-state index < -0.39 is 35.8 Å². The van der Waals surface area contributed by atoms with Gasteiger partial charge >= 0.3 is 0 Å². The van der Waals surface area contributed by atoms with Crippen LogP contribution in [0, 0.1) is 5.82 Å². The summed E-state index contributed by atoms with van der Waals surface area (Å²) in [7, 11) is 0. The minimum atomic E-state index is -1.01. The number of carbonyl (C=O) groups is 3. The molecule has 1 fully saturated rings. The Kier molecular flexibility index (Phi) is 2.79. The van der Waals surface area contributed by atoms with Gasteiger partial charge in [-0.05, 0) is 25.0 Å². The summed E-state index contributed by atoms with van der Waals surface area (Å²) in [6.45, 7) is 0.